The largest absolute Gasteiger partial charge is 0.481 e. The highest BCUT2D eigenvalue weighted by molar-refractivity contribution is 5.75. The Kier molecular flexibility index (Phi) is 6.39. The van der Waals surface area contributed by atoms with Gasteiger partial charge in [0.25, 0.3) is 0 Å². The molecule has 1 atom stereocenters. The van der Waals surface area contributed by atoms with Gasteiger partial charge in [-0.15, -0.1) is 6.58 Å². The van der Waals surface area contributed by atoms with Gasteiger partial charge in [0.15, 0.2) is 0 Å². The molecule has 5 heteroatoms. The summed E-state index contributed by atoms with van der Waals surface area (Å²) in [5.41, 5.74) is 0. The monoisotopic (exact) mass is 268 g/mol. The zero-order valence-corrected chi connectivity index (χ0v) is 11.6. The number of nitrogens with one attached hydrogen (secondary N) is 1. The van der Waals surface area contributed by atoms with E-state index in [0.717, 1.165) is 19.3 Å². The van der Waals surface area contributed by atoms with Crippen LogP contribution < -0.4 is 5.32 Å². The lowest BCUT2D eigenvalue weighted by Gasteiger charge is -2.21. The molecule has 2 amide bonds. The normalized spacial score (nSPS) is 15.6. The topological polar surface area (TPSA) is 69.6 Å². The van der Waals surface area contributed by atoms with E-state index >= 15 is 0 Å². The van der Waals surface area contributed by atoms with Crippen molar-refractivity contribution < 1.29 is 14.7 Å². The van der Waals surface area contributed by atoms with Crippen LogP contribution in [0.25, 0.3) is 0 Å². The number of hydrogen-bond acceptors (Lipinski definition) is 2. The molecule has 1 unspecified atom stereocenters. The predicted octanol–water partition coefficient (Wildman–Crippen LogP) is 2.24. The molecule has 0 spiro atoms. The first-order chi connectivity index (χ1) is 9.04. The summed E-state index contributed by atoms with van der Waals surface area (Å²) in [7, 11) is 0. The van der Waals surface area contributed by atoms with E-state index in [-0.39, 0.29) is 12.5 Å². The van der Waals surface area contributed by atoms with Gasteiger partial charge >= 0.3 is 12.0 Å². The van der Waals surface area contributed by atoms with E-state index in [1.165, 1.54) is 0 Å². The second kappa shape index (κ2) is 7.81. The Balaban J connectivity index is 2.18. The average molecular weight is 268 g/mol. The predicted molar refractivity (Wildman–Crippen MR) is 74.0 cm³/mol. The highest BCUT2D eigenvalue weighted by Gasteiger charge is 2.31. The average Bonchev–Trinajstić information content (AvgIpc) is 3.17. The Bertz CT molecular complexity index is 327. The zero-order chi connectivity index (χ0) is 14.3. The summed E-state index contributed by atoms with van der Waals surface area (Å²) >= 11 is 0. The third-order valence-corrected chi connectivity index (χ3v) is 3.34. The summed E-state index contributed by atoms with van der Waals surface area (Å²) in [5, 5.41) is 11.5. The molecule has 108 valence electrons. The lowest BCUT2D eigenvalue weighted by Crippen LogP contribution is -2.42. The van der Waals surface area contributed by atoms with Crippen LogP contribution in [0.2, 0.25) is 0 Å². The van der Waals surface area contributed by atoms with Gasteiger partial charge in [-0.1, -0.05) is 13.0 Å². The highest BCUT2D eigenvalue weighted by Crippen LogP contribution is 2.26. The van der Waals surface area contributed by atoms with Crippen molar-refractivity contribution >= 4 is 12.0 Å². The van der Waals surface area contributed by atoms with Gasteiger partial charge in [0.05, 0.1) is 0 Å². The molecule has 0 aromatic heterocycles. The van der Waals surface area contributed by atoms with E-state index in [4.69, 9.17) is 5.11 Å². The fourth-order valence-corrected chi connectivity index (χ4v) is 1.96. The van der Waals surface area contributed by atoms with Gasteiger partial charge in [-0.3, -0.25) is 4.79 Å². The number of aliphatic carboxylic acids is 1. The molecule has 19 heavy (non-hydrogen) atoms. The summed E-state index contributed by atoms with van der Waals surface area (Å²) < 4.78 is 0. The highest BCUT2D eigenvalue weighted by atomic mass is 16.4. The quantitative estimate of drug-likeness (QED) is 0.630. The van der Waals surface area contributed by atoms with E-state index in [0.29, 0.717) is 31.5 Å². The maximum absolute atomic E-state index is 11.9. The van der Waals surface area contributed by atoms with E-state index < -0.39 is 5.97 Å². The van der Waals surface area contributed by atoms with Crippen LogP contribution in [-0.4, -0.2) is 41.1 Å². The van der Waals surface area contributed by atoms with Crippen LogP contribution >= 0.6 is 0 Å². The van der Waals surface area contributed by atoms with Crippen molar-refractivity contribution in [3.8, 4) is 0 Å². The Labute approximate surface area is 114 Å². The molecule has 0 radical (unpaired) electrons. The number of urea groups is 1. The number of hydrogen-bond donors (Lipinski definition) is 2. The minimum Gasteiger partial charge on any atom is -0.481 e. The Morgan fingerprint density at radius 3 is 2.68 bits per heavy atom. The number of carbonyl (C=O) groups is 2. The first-order valence-corrected chi connectivity index (χ1v) is 6.91. The molecular weight excluding hydrogens is 244 g/mol. The first-order valence-electron chi connectivity index (χ1n) is 6.91. The molecule has 0 bridgehead atoms. The summed E-state index contributed by atoms with van der Waals surface area (Å²) in [4.78, 5) is 24.2. The van der Waals surface area contributed by atoms with Crippen molar-refractivity contribution in [1.82, 2.24) is 10.2 Å². The molecule has 0 aromatic rings. The van der Waals surface area contributed by atoms with Crippen molar-refractivity contribution in [3.05, 3.63) is 12.7 Å². The van der Waals surface area contributed by atoms with Gasteiger partial charge in [-0.2, -0.15) is 0 Å². The second-order valence-corrected chi connectivity index (χ2v) is 5.23. The standard InChI is InChI=1S/C14H24N2O3/c1-3-10-16(12-5-6-12)14(19)15-9-8-11(2)4-7-13(17)18/h3,11-12H,1,4-10H2,2H3,(H,15,19)(H,17,18). The van der Waals surface area contributed by atoms with E-state index in [1.807, 2.05) is 11.8 Å². The van der Waals surface area contributed by atoms with Gasteiger partial charge in [0.2, 0.25) is 0 Å². The molecule has 0 saturated heterocycles. The Morgan fingerprint density at radius 1 is 1.47 bits per heavy atom. The molecule has 0 aromatic carbocycles. The fraction of sp³-hybridized carbons (Fsp3) is 0.714. The number of carbonyl (C=O) groups excluding carboxylic acids is 1. The summed E-state index contributed by atoms with van der Waals surface area (Å²) in [5.74, 6) is -0.452. The first kappa shape index (κ1) is 15.5. The van der Waals surface area contributed by atoms with Crippen LogP contribution in [0.15, 0.2) is 12.7 Å². The van der Waals surface area contributed by atoms with Crippen molar-refractivity contribution in [2.75, 3.05) is 13.1 Å². The summed E-state index contributed by atoms with van der Waals surface area (Å²) in [6, 6.07) is 0.343. The molecule has 1 aliphatic rings. The van der Waals surface area contributed by atoms with Crippen LogP contribution in [0, 0.1) is 5.92 Å². The molecule has 1 rings (SSSR count). The summed E-state index contributed by atoms with van der Waals surface area (Å²) in [6.07, 6.45) is 5.57. The minimum absolute atomic E-state index is 0.0344. The van der Waals surface area contributed by atoms with Crippen molar-refractivity contribution in [2.24, 2.45) is 5.92 Å². The lowest BCUT2D eigenvalue weighted by molar-refractivity contribution is -0.137. The molecule has 0 heterocycles. The van der Waals surface area contributed by atoms with Gasteiger partial charge in [0.1, 0.15) is 0 Å². The summed E-state index contributed by atoms with van der Waals surface area (Å²) in [6.45, 7) is 6.86. The number of nitrogens with zero attached hydrogens (tertiary/aromatic N) is 1. The van der Waals surface area contributed by atoms with Gasteiger partial charge in [-0.05, 0) is 31.6 Å². The molecule has 1 fully saturated rings. The van der Waals surface area contributed by atoms with E-state index in [1.54, 1.807) is 6.08 Å². The Morgan fingerprint density at radius 2 is 2.16 bits per heavy atom. The second-order valence-electron chi connectivity index (χ2n) is 5.23. The van der Waals surface area contributed by atoms with Crippen LogP contribution in [-0.2, 0) is 4.79 Å². The van der Waals surface area contributed by atoms with Crippen molar-refractivity contribution in [3.63, 3.8) is 0 Å². The number of carboxylic acids is 1. The number of carboxylic acid groups (broad SMARTS) is 1. The Hall–Kier alpha value is -1.52. The SMILES string of the molecule is C=CCN(C(=O)NCCC(C)CCC(=O)O)C1CC1. The zero-order valence-electron chi connectivity index (χ0n) is 11.6. The molecule has 5 nitrogen and oxygen atoms in total. The fourth-order valence-electron chi connectivity index (χ4n) is 1.96. The van der Waals surface area contributed by atoms with E-state index in [9.17, 15) is 9.59 Å². The maximum atomic E-state index is 11.9. The van der Waals surface area contributed by atoms with Gasteiger partial charge in [-0.25, -0.2) is 4.79 Å². The van der Waals surface area contributed by atoms with E-state index in [2.05, 4.69) is 11.9 Å². The van der Waals surface area contributed by atoms with Crippen molar-refractivity contribution in [2.45, 2.75) is 45.1 Å². The molecule has 1 aliphatic carbocycles. The van der Waals surface area contributed by atoms with Crippen LogP contribution in [0.1, 0.15) is 39.0 Å². The molecule has 2 N–H and O–H groups in total. The number of amides is 2. The molecular formula is C14H24N2O3. The molecule has 0 aliphatic heterocycles. The van der Waals surface area contributed by atoms with Gasteiger partial charge < -0.3 is 15.3 Å². The van der Waals surface area contributed by atoms with Crippen molar-refractivity contribution in [1.29, 1.82) is 0 Å². The van der Waals surface area contributed by atoms with Crippen LogP contribution in [0.3, 0.4) is 0 Å². The lowest BCUT2D eigenvalue weighted by atomic mass is 10.0. The van der Waals surface area contributed by atoms with Crippen LogP contribution in [0.4, 0.5) is 4.79 Å². The third-order valence-electron chi connectivity index (χ3n) is 3.34. The number of rotatable bonds is 9. The third kappa shape index (κ3) is 6.27. The van der Waals surface area contributed by atoms with Crippen LogP contribution in [0.5, 0.6) is 0 Å². The maximum Gasteiger partial charge on any atom is 0.317 e. The molecule has 1 saturated carbocycles. The van der Waals surface area contributed by atoms with Gasteiger partial charge in [0, 0.05) is 25.6 Å². The smallest absolute Gasteiger partial charge is 0.317 e. The minimum atomic E-state index is -0.762.